The van der Waals surface area contributed by atoms with Crippen molar-refractivity contribution in [2.45, 2.75) is 12.6 Å². The lowest BCUT2D eigenvalue weighted by molar-refractivity contribution is -0.117. The lowest BCUT2D eigenvalue weighted by Crippen LogP contribution is -2.15. The zero-order valence-electron chi connectivity index (χ0n) is 15.8. The van der Waals surface area contributed by atoms with Crippen LogP contribution in [0.25, 0.3) is 27.5 Å². The topological polar surface area (TPSA) is 111 Å². The molecule has 0 saturated heterocycles. The monoisotopic (exact) mass is 441 g/mol. The van der Waals surface area contributed by atoms with Gasteiger partial charge in [0.25, 0.3) is 0 Å². The van der Waals surface area contributed by atoms with Crippen molar-refractivity contribution < 1.29 is 13.6 Å². The van der Waals surface area contributed by atoms with E-state index in [1.165, 1.54) is 6.20 Å². The van der Waals surface area contributed by atoms with E-state index < -0.39 is 23.8 Å². The molecule has 31 heavy (non-hydrogen) atoms. The molecular formula is C20H14ClF2N7O. The fourth-order valence-electron chi connectivity index (χ4n) is 3.56. The standard InChI is InChI=1S/C20H14ClF2N7O/c21-16-15(12-8-26-28-18(12)19(17(16)23)25-3-2-24)9-1-4-30-10(5-9)6-14(29-30)27-20(31)11-7-13(11)22/h1,4-6,8,11,13,25H,3,7H2,(H,26,28)(H,27,29,31). The number of anilines is 2. The van der Waals surface area contributed by atoms with Crippen LogP contribution in [0, 0.1) is 23.1 Å². The van der Waals surface area contributed by atoms with Gasteiger partial charge in [0.15, 0.2) is 11.6 Å². The quantitative estimate of drug-likeness (QED) is 0.407. The molecule has 3 heterocycles. The molecule has 0 bridgehead atoms. The van der Waals surface area contributed by atoms with Gasteiger partial charge in [-0.1, -0.05) is 11.6 Å². The summed E-state index contributed by atoms with van der Waals surface area (Å²) < 4.78 is 29.6. The average Bonchev–Trinajstić information content (AvgIpc) is 3.12. The Balaban J connectivity index is 1.56. The first-order chi connectivity index (χ1) is 15.0. The van der Waals surface area contributed by atoms with Crippen LogP contribution in [0.4, 0.5) is 20.3 Å². The van der Waals surface area contributed by atoms with E-state index in [0.717, 1.165) is 0 Å². The number of H-pyrrole nitrogens is 1. The number of aromatic amines is 1. The maximum atomic E-state index is 15.0. The fraction of sp³-hybridized carbons (Fsp3) is 0.200. The number of rotatable bonds is 5. The predicted octanol–water partition coefficient (Wildman–Crippen LogP) is 3.90. The summed E-state index contributed by atoms with van der Waals surface area (Å²) in [5, 5.41) is 25.6. The molecule has 2 unspecified atom stereocenters. The van der Waals surface area contributed by atoms with Crippen molar-refractivity contribution in [3.05, 3.63) is 41.4 Å². The van der Waals surface area contributed by atoms with E-state index in [4.69, 9.17) is 16.9 Å². The Morgan fingerprint density at radius 3 is 3.00 bits per heavy atom. The third kappa shape index (κ3) is 3.23. The van der Waals surface area contributed by atoms with Crippen molar-refractivity contribution in [2.24, 2.45) is 5.92 Å². The van der Waals surface area contributed by atoms with Crippen LogP contribution in [0.3, 0.4) is 0 Å². The molecule has 11 heteroatoms. The van der Waals surface area contributed by atoms with E-state index in [9.17, 15) is 9.18 Å². The number of alkyl halides is 1. The Labute approximate surface area is 178 Å². The van der Waals surface area contributed by atoms with E-state index in [0.29, 0.717) is 33.4 Å². The molecule has 4 aromatic rings. The third-order valence-corrected chi connectivity index (χ3v) is 5.54. The molecule has 2 atom stereocenters. The predicted molar refractivity (Wildman–Crippen MR) is 111 cm³/mol. The van der Waals surface area contributed by atoms with Crippen molar-refractivity contribution in [2.75, 3.05) is 17.2 Å². The first-order valence-electron chi connectivity index (χ1n) is 9.37. The molecule has 156 valence electrons. The lowest BCUT2D eigenvalue weighted by Gasteiger charge is -2.13. The number of nitrogens with one attached hydrogen (secondary N) is 3. The number of amides is 1. The molecule has 1 aliphatic carbocycles. The van der Waals surface area contributed by atoms with Gasteiger partial charge >= 0.3 is 0 Å². The van der Waals surface area contributed by atoms with Gasteiger partial charge in [0.05, 0.1) is 39.9 Å². The van der Waals surface area contributed by atoms with Gasteiger partial charge in [-0.15, -0.1) is 0 Å². The van der Waals surface area contributed by atoms with Crippen LogP contribution in [-0.4, -0.2) is 38.4 Å². The summed E-state index contributed by atoms with van der Waals surface area (Å²) in [6.45, 7) is -0.0962. The maximum Gasteiger partial charge on any atom is 0.231 e. The Morgan fingerprint density at radius 1 is 1.45 bits per heavy atom. The van der Waals surface area contributed by atoms with Crippen molar-refractivity contribution in [1.82, 2.24) is 19.8 Å². The second-order valence-electron chi connectivity index (χ2n) is 7.21. The highest BCUT2D eigenvalue weighted by Gasteiger charge is 2.43. The average molecular weight is 442 g/mol. The minimum atomic E-state index is -1.09. The van der Waals surface area contributed by atoms with Gasteiger partial charge in [-0.2, -0.15) is 15.5 Å². The minimum Gasteiger partial charge on any atom is -0.368 e. The summed E-state index contributed by atoms with van der Waals surface area (Å²) in [6, 6.07) is 6.99. The first kappa shape index (κ1) is 19.3. The number of carbonyl (C=O) groups is 1. The molecule has 0 spiro atoms. The zero-order valence-corrected chi connectivity index (χ0v) is 16.5. The van der Waals surface area contributed by atoms with Crippen LogP contribution in [0.1, 0.15) is 6.42 Å². The molecule has 8 nitrogen and oxygen atoms in total. The van der Waals surface area contributed by atoms with Crippen molar-refractivity contribution in [3.8, 4) is 17.2 Å². The van der Waals surface area contributed by atoms with E-state index in [1.54, 1.807) is 28.9 Å². The number of hydrogen-bond acceptors (Lipinski definition) is 5. The van der Waals surface area contributed by atoms with Crippen LogP contribution in [0.2, 0.25) is 5.02 Å². The molecular weight excluding hydrogens is 428 g/mol. The van der Waals surface area contributed by atoms with E-state index in [2.05, 4.69) is 25.9 Å². The minimum absolute atomic E-state index is 0.0736. The molecule has 1 aliphatic rings. The molecule has 0 aliphatic heterocycles. The number of aromatic nitrogens is 4. The molecule has 5 rings (SSSR count). The lowest BCUT2D eigenvalue weighted by atomic mass is 10.0. The van der Waals surface area contributed by atoms with Crippen LogP contribution in [0.5, 0.6) is 0 Å². The van der Waals surface area contributed by atoms with Gasteiger partial charge in [0, 0.05) is 23.2 Å². The Morgan fingerprint density at radius 2 is 2.26 bits per heavy atom. The number of nitrogens with zero attached hydrogens (tertiary/aromatic N) is 4. The summed E-state index contributed by atoms with van der Waals surface area (Å²) in [7, 11) is 0. The van der Waals surface area contributed by atoms with Crippen LogP contribution < -0.4 is 10.6 Å². The normalized spacial score (nSPS) is 17.6. The number of benzene rings is 1. The van der Waals surface area contributed by atoms with E-state index in [1.807, 2.05) is 6.07 Å². The second-order valence-corrected chi connectivity index (χ2v) is 7.59. The third-order valence-electron chi connectivity index (χ3n) is 5.19. The summed E-state index contributed by atoms with van der Waals surface area (Å²) in [5.41, 5.74) is 2.12. The SMILES string of the molecule is N#CCNc1c(F)c(Cl)c(-c2ccn3nc(NC(=O)C4CC4F)cc3c2)c2cn[nH]c12. The van der Waals surface area contributed by atoms with Gasteiger partial charge in [-0.05, 0) is 24.1 Å². The van der Waals surface area contributed by atoms with Crippen molar-refractivity contribution in [3.63, 3.8) is 0 Å². The molecule has 3 aromatic heterocycles. The molecule has 0 radical (unpaired) electrons. The van der Waals surface area contributed by atoms with E-state index in [-0.39, 0.29) is 23.7 Å². The fourth-order valence-corrected chi connectivity index (χ4v) is 3.86. The Bertz CT molecular complexity index is 1390. The molecule has 1 saturated carbocycles. The smallest absolute Gasteiger partial charge is 0.231 e. The summed E-state index contributed by atoms with van der Waals surface area (Å²) in [5.74, 6) is -1.43. The van der Waals surface area contributed by atoms with Crippen molar-refractivity contribution >= 4 is 45.4 Å². The highest BCUT2D eigenvalue weighted by atomic mass is 35.5. The van der Waals surface area contributed by atoms with Gasteiger partial charge in [0.2, 0.25) is 5.91 Å². The maximum absolute atomic E-state index is 15.0. The second kappa shape index (κ2) is 7.21. The van der Waals surface area contributed by atoms with Crippen LogP contribution >= 0.6 is 11.6 Å². The van der Waals surface area contributed by atoms with Gasteiger partial charge in [0.1, 0.15) is 12.7 Å². The Kier molecular flexibility index (Phi) is 4.48. The summed E-state index contributed by atoms with van der Waals surface area (Å²) in [4.78, 5) is 12.0. The number of hydrogen-bond donors (Lipinski definition) is 3. The number of halogens is 3. The van der Waals surface area contributed by atoms with Gasteiger partial charge in [-0.3, -0.25) is 9.89 Å². The number of nitriles is 1. The van der Waals surface area contributed by atoms with Crippen LogP contribution in [-0.2, 0) is 4.79 Å². The molecule has 1 aromatic carbocycles. The highest BCUT2D eigenvalue weighted by molar-refractivity contribution is 6.36. The molecule has 3 N–H and O–H groups in total. The van der Waals surface area contributed by atoms with E-state index >= 15 is 4.39 Å². The number of fused-ring (bicyclic) bond motifs is 2. The van der Waals surface area contributed by atoms with Crippen LogP contribution in [0.15, 0.2) is 30.6 Å². The first-order valence-corrected chi connectivity index (χ1v) is 9.75. The highest BCUT2D eigenvalue weighted by Crippen LogP contribution is 2.41. The number of carbonyl (C=O) groups excluding carboxylic acids is 1. The number of pyridine rings is 1. The summed E-state index contributed by atoms with van der Waals surface area (Å²) >= 11 is 6.37. The molecule has 1 amide bonds. The summed E-state index contributed by atoms with van der Waals surface area (Å²) in [6.07, 6.45) is 2.32. The zero-order chi connectivity index (χ0) is 21.7. The van der Waals surface area contributed by atoms with Gasteiger partial charge < -0.3 is 10.6 Å². The molecule has 1 fully saturated rings. The van der Waals surface area contributed by atoms with Gasteiger partial charge in [-0.25, -0.2) is 13.3 Å². The largest absolute Gasteiger partial charge is 0.368 e. The van der Waals surface area contributed by atoms with Crippen molar-refractivity contribution in [1.29, 1.82) is 5.26 Å². The Hall–Kier alpha value is -3.71.